The van der Waals surface area contributed by atoms with Gasteiger partial charge < -0.3 is 14.8 Å². The Balaban J connectivity index is 2.21. The van der Waals surface area contributed by atoms with Gasteiger partial charge in [0.05, 0.1) is 19.1 Å². The molecule has 0 unspecified atom stereocenters. The molecule has 0 bridgehead atoms. The van der Waals surface area contributed by atoms with Crippen LogP contribution in [0.3, 0.4) is 0 Å². The number of esters is 1. The molecule has 0 radical (unpaired) electrons. The number of ether oxygens (including phenoxy) is 2. The summed E-state index contributed by atoms with van der Waals surface area (Å²) in [5.41, 5.74) is 0.745. The molecule has 0 aromatic heterocycles. The highest BCUT2D eigenvalue weighted by molar-refractivity contribution is 5.87. The zero-order valence-corrected chi connectivity index (χ0v) is 16.0. The first-order valence-electron chi connectivity index (χ1n) is 9.25. The minimum Gasteiger partial charge on any atom is -0.469 e. The van der Waals surface area contributed by atoms with Gasteiger partial charge in [-0.15, -0.1) is 0 Å². The van der Waals surface area contributed by atoms with Gasteiger partial charge in [-0.3, -0.25) is 9.59 Å². The van der Waals surface area contributed by atoms with Crippen molar-refractivity contribution in [3.63, 3.8) is 0 Å². The van der Waals surface area contributed by atoms with Crippen LogP contribution < -0.4 is 5.32 Å². The Kier molecular flexibility index (Phi) is 8.00. The van der Waals surface area contributed by atoms with Crippen molar-refractivity contribution in [1.29, 1.82) is 0 Å². The smallest absolute Gasteiger partial charge is 0.401 e. The van der Waals surface area contributed by atoms with Crippen molar-refractivity contribution in [3.05, 3.63) is 35.9 Å². The van der Waals surface area contributed by atoms with Gasteiger partial charge in [-0.05, 0) is 31.4 Å². The second kappa shape index (κ2) is 10.0. The number of halogens is 3. The maximum Gasteiger partial charge on any atom is 0.401 e. The van der Waals surface area contributed by atoms with E-state index in [-0.39, 0.29) is 6.42 Å². The molecule has 0 spiro atoms. The van der Waals surface area contributed by atoms with Crippen molar-refractivity contribution in [2.45, 2.75) is 44.0 Å². The highest BCUT2D eigenvalue weighted by Gasteiger charge is 2.52. The highest BCUT2D eigenvalue weighted by atomic mass is 19.4. The molecule has 1 N–H and O–H groups in total. The van der Waals surface area contributed by atoms with E-state index in [0.717, 1.165) is 19.1 Å². The lowest BCUT2D eigenvalue weighted by Crippen LogP contribution is -2.50. The predicted molar refractivity (Wildman–Crippen MR) is 96.6 cm³/mol. The van der Waals surface area contributed by atoms with Gasteiger partial charge in [-0.25, -0.2) is 0 Å². The second-order valence-electron chi connectivity index (χ2n) is 7.00. The van der Waals surface area contributed by atoms with E-state index in [1.807, 2.05) is 0 Å². The number of Topliss-reactive ketones (excluding diaryl/α,β-unsaturated/α-hetero) is 1. The molecule has 5 nitrogen and oxygen atoms in total. The number of hydrogen-bond acceptors (Lipinski definition) is 5. The summed E-state index contributed by atoms with van der Waals surface area (Å²) in [5, 5.41) is 2.97. The third-order valence-corrected chi connectivity index (χ3v) is 5.10. The van der Waals surface area contributed by atoms with Crippen LogP contribution in [0, 0.1) is 11.8 Å². The van der Waals surface area contributed by atoms with Crippen LogP contribution in [-0.2, 0) is 25.5 Å². The first-order chi connectivity index (χ1) is 13.3. The third kappa shape index (κ3) is 5.78. The molecule has 8 heteroatoms. The van der Waals surface area contributed by atoms with Crippen LogP contribution in [0.25, 0.3) is 0 Å². The van der Waals surface area contributed by atoms with Crippen LogP contribution in [0.5, 0.6) is 0 Å². The molecular weight excluding hydrogens is 375 g/mol. The maximum atomic E-state index is 13.8. The van der Waals surface area contributed by atoms with E-state index in [1.165, 1.54) is 7.11 Å². The monoisotopic (exact) mass is 401 g/mol. The van der Waals surface area contributed by atoms with Crippen LogP contribution in [0.1, 0.15) is 24.8 Å². The zero-order chi connectivity index (χ0) is 20.7. The molecule has 4 atom stereocenters. The summed E-state index contributed by atoms with van der Waals surface area (Å²) in [7, 11) is 2.34. The van der Waals surface area contributed by atoms with Crippen molar-refractivity contribution in [2.24, 2.45) is 11.8 Å². The average Bonchev–Trinajstić information content (AvgIpc) is 3.18. The Morgan fingerprint density at radius 1 is 1.21 bits per heavy atom. The topological polar surface area (TPSA) is 64.6 Å². The van der Waals surface area contributed by atoms with Gasteiger partial charge in [-0.1, -0.05) is 30.3 Å². The first kappa shape index (κ1) is 22.4. The van der Waals surface area contributed by atoms with Gasteiger partial charge in [0.2, 0.25) is 0 Å². The van der Waals surface area contributed by atoms with E-state index >= 15 is 0 Å². The molecule has 1 fully saturated rings. The lowest BCUT2D eigenvalue weighted by atomic mass is 9.84. The molecule has 1 aromatic rings. The van der Waals surface area contributed by atoms with Gasteiger partial charge in [-0.2, -0.15) is 13.2 Å². The van der Waals surface area contributed by atoms with E-state index in [1.54, 1.807) is 30.3 Å². The third-order valence-electron chi connectivity index (χ3n) is 5.10. The van der Waals surface area contributed by atoms with Crippen molar-refractivity contribution in [1.82, 2.24) is 5.32 Å². The number of benzene rings is 1. The highest BCUT2D eigenvalue weighted by Crippen LogP contribution is 2.35. The van der Waals surface area contributed by atoms with E-state index in [4.69, 9.17) is 9.47 Å². The number of carbonyl (C=O) groups excluding carboxylic acids is 2. The van der Waals surface area contributed by atoms with E-state index in [9.17, 15) is 22.8 Å². The SMILES string of the molecule is COC(=O)[C@@H](CC(=O)[C@@H]([C@@H](OC)[C@@H]1CCCN1)C(F)(F)F)Cc1ccccc1. The number of alkyl halides is 3. The van der Waals surface area contributed by atoms with E-state index in [0.29, 0.717) is 13.0 Å². The summed E-state index contributed by atoms with van der Waals surface area (Å²) in [4.78, 5) is 24.9. The zero-order valence-electron chi connectivity index (χ0n) is 16.0. The standard InChI is InChI=1S/C20H26F3NO4/c1-27-18(15-9-6-10-24-15)17(20(21,22)23)16(25)12-14(19(26)28-2)11-13-7-4-3-5-8-13/h3-5,7-8,14-15,17-18,24H,6,9-12H2,1-2H3/t14-,15+,17+,18+/m1/s1. The Morgan fingerprint density at radius 3 is 2.39 bits per heavy atom. The largest absolute Gasteiger partial charge is 0.469 e. The quantitative estimate of drug-likeness (QED) is 0.645. The van der Waals surface area contributed by atoms with Crippen LogP contribution in [-0.4, -0.2) is 50.8 Å². The molecule has 0 saturated carbocycles. The number of hydrogen-bond donors (Lipinski definition) is 1. The average molecular weight is 401 g/mol. The Morgan fingerprint density at radius 2 is 1.89 bits per heavy atom. The van der Waals surface area contributed by atoms with Crippen molar-refractivity contribution >= 4 is 11.8 Å². The molecule has 1 aromatic carbocycles. The summed E-state index contributed by atoms with van der Waals surface area (Å²) in [6, 6.07) is 8.27. The first-order valence-corrected chi connectivity index (χ1v) is 9.25. The lowest BCUT2D eigenvalue weighted by molar-refractivity contribution is -0.207. The van der Waals surface area contributed by atoms with Gasteiger partial charge in [0, 0.05) is 19.6 Å². The molecule has 0 aliphatic carbocycles. The fourth-order valence-electron chi connectivity index (χ4n) is 3.75. The number of ketones is 1. The summed E-state index contributed by atoms with van der Waals surface area (Å²) < 4.78 is 51.2. The predicted octanol–water partition coefficient (Wildman–Crippen LogP) is 2.92. The Hall–Kier alpha value is -1.93. The number of rotatable bonds is 9. The van der Waals surface area contributed by atoms with Crippen molar-refractivity contribution in [3.8, 4) is 0 Å². The van der Waals surface area contributed by atoms with Crippen LogP contribution in [0.4, 0.5) is 13.2 Å². The van der Waals surface area contributed by atoms with E-state index < -0.39 is 48.3 Å². The van der Waals surface area contributed by atoms with E-state index in [2.05, 4.69) is 5.32 Å². The van der Waals surface area contributed by atoms with Crippen molar-refractivity contribution in [2.75, 3.05) is 20.8 Å². The second-order valence-corrected chi connectivity index (χ2v) is 7.00. The molecular formula is C20H26F3NO4. The fourth-order valence-corrected chi connectivity index (χ4v) is 3.75. The molecule has 1 aliphatic heterocycles. The summed E-state index contributed by atoms with van der Waals surface area (Å²) in [5.74, 6) is -5.04. The summed E-state index contributed by atoms with van der Waals surface area (Å²) in [6.07, 6.45) is -5.30. The number of nitrogens with one attached hydrogen (secondary N) is 1. The number of carbonyl (C=O) groups is 2. The summed E-state index contributed by atoms with van der Waals surface area (Å²) in [6.45, 7) is 0.585. The van der Waals surface area contributed by atoms with Gasteiger partial charge in [0.25, 0.3) is 0 Å². The van der Waals surface area contributed by atoms with Crippen LogP contribution in [0.15, 0.2) is 30.3 Å². The molecule has 2 rings (SSSR count). The molecule has 1 aliphatic rings. The van der Waals surface area contributed by atoms with Gasteiger partial charge in [0.1, 0.15) is 11.7 Å². The van der Waals surface area contributed by atoms with Gasteiger partial charge in [0.15, 0.2) is 0 Å². The normalized spacial score (nSPS) is 20.4. The molecule has 28 heavy (non-hydrogen) atoms. The maximum absolute atomic E-state index is 13.8. The number of methoxy groups -OCH3 is 2. The lowest BCUT2D eigenvalue weighted by Gasteiger charge is -2.31. The van der Waals surface area contributed by atoms with Crippen LogP contribution in [0.2, 0.25) is 0 Å². The molecule has 1 heterocycles. The van der Waals surface area contributed by atoms with Gasteiger partial charge >= 0.3 is 12.1 Å². The Bertz CT molecular complexity index is 645. The molecule has 0 amide bonds. The van der Waals surface area contributed by atoms with Crippen LogP contribution >= 0.6 is 0 Å². The minimum absolute atomic E-state index is 0.128. The fraction of sp³-hybridized carbons (Fsp3) is 0.600. The molecule has 1 saturated heterocycles. The minimum atomic E-state index is -4.77. The Labute approximate surface area is 162 Å². The molecule has 156 valence electrons. The summed E-state index contributed by atoms with van der Waals surface area (Å²) >= 11 is 0. The van der Waals surface area contributed by atoms with Crippen molar-refractivity contribution < 1.29 is 32.2 Å².